The van der Waals surface area contributed by atoms with Gasteiger partial charge in [0.15, 0.2) is 11.0 Å². The van der Waals surface area contributed by atoms with Gasteiger partial charge in [0.2, 0.25) is 11.8 Å². The molecule has 0 aliphatic rings. The molecule has 2 heterocycles. The molecule has 0 aliphatic heterocycles. The Balaban J connectivity index is 1.51. The molecule has 2 aromatic carbocycles. The lowest BCUT2D eigenvalue weighted by atomic mass is 9.87. The lowest BCUT2D eigenvalue weighted by molar-refractivity contribution is 0.508. The van der Waals surface area contributed by atoms with E-state index in [1.807, 2.05) is 48.9 Å². The van der Waals surface area contributed by atoms with Crippen molar-refractivity contribution in [2.75, 3.05) is 0 Å². The van der Waals surface area contributed by atoms with Crippen LogP contribution < -0.4 is 0 Å². The standard InChI is InChI=1S/C23H25N5OS/c1-15(20-25-26-21(29-20)17-9-7-6-8-10-17)30-22-27-24-19(28(22)5)16-11-13-18(14-12-16)23(2,3)4/h6-15H,1-5H3/t15-/m0/s1. The van der Waals surface area contributed by atoms with Crippen LogP contribution in [0.15, 0.2) is 64.2 Å². The van der Waals surface area contributed by atoms with Crippen LogP contribution in [0.2, 0.25) is 0 Å². The van der Waals surface area contributed by atoms with Gasteiger partial charge in [0, 0.05) is 18.2 Å². The fourth-order valence-electron chi connectivity index (χ4n) is 3.09. The van der Waals surface area contributed by atoms with Crippen molar-refractivity contribution in [2.45, 2.75) is 43.5 Å². The summed E-state index contributed by atoms with van der Waals surface area (Å²) in [7, 11) is 1.98. The van der Waals surface area contributed by atoms with Crippen LogP contribution in [0.1, 0.15) is 44.4 Å². The third kappa shape index (κ3) is 4.16. The smallest absolute Gasteiger partial charge is 0.247 e. The maximum absolute atomic E-state index is 5.88. The SMILES string of the molecule is C[C@H](Sc1nnc(-c2ccc(C(C)(C)C)cc2)n1C)c1nnc(-c2ccccc2)o1. The van der Waals surface area contributed by atoms with Crippen molar-refractivity contribution >= 4 is 11.8 Å². The van der Waals surface area contributed by atoms with E-state index in [0.29, 0.717) is 11.8 Å². The van der Waals surface area contributed by atoms with Crippen LogP contribution in [0.3, 0.4) is 0 Å². The molecule has 0 saturated heterocycles. The summed E-state index contributed by atoms with van der Waals surface area (Å²) in [6.07, 6.45) is 0. The molecule has 4 aromatic rings. The molecule has 2 aromatic heterocycles. The van der Waals surface area contributed by atoms with E-state index in [2.05, 4.69) is 65.4 Å². The number of benzene rings is 2. The third-order valence-corrected chi connectivity index (χ3v) is 6.06. The summed E-state index contributed by atoms with van der Waals surface area (Å²) < 4.78 is 7.88. The molecule has 0 N–H and O–H groups in total. The van der Waals surface area contributed by atoms with Gasteiger partial charge >= 0.3 is 0 Å². The topological polar surface area (TPSA) is 69.6 Å². The zero-order valence-electron chi connectivity index (χ0n) is 17.8. The molecule has 0 fully saturated rings. The van der Waals surface area contributed by atoms with Crippen molar-refractivity contribution in [1.29, 1.82) is 0 Å². The van der Waals surface area contributed by atoms with Gasteiger partial charge in [0.05, 0.1) is 5.25 Å². The molecule has 154 valence electrons. The molecule has 0 aliphatic carbocycles. The molecule has 0 amide bonds. The van der Waals surface area contributed by atoms with Crippen molar-refractivity contribution in [2.24, 2.45) is 7.05 Å². The minimum absolute atomic E-state index is 0.0472. The lowest BCUT2D eigenvalue weighted by Gasteiger charge is -2.19. The Morgan fingerprint density at radius 1 is 0.867 bits per heavy atom. The van der Waals surface area contributed by atoms with Gasteiger partial charge in [-0.25, -0.2) is 0 Å². The molecular formula is C23H25N5OS. The van der Waals surface area contributed by atoms with Crippen LogP contribution in [-0.2, 0) is 12.5 Å². The van der Waals surface area contributed by atoms with Gasteiger partial charge in [-0.15, -0.1) is 20.4 Å². The van der Waals surface area contributed by atoms with Gasteiger partial charge in [0.25, 0.3) is 0 Å². The van der Waals surface area contributed by atoms with E-state index in [1.165, 1.54) is 5.56 Å². The number of rotatable bonds is 5. The number of nitrogens with zero attached hydrogens (tertiary/aromatic N) is 5. The van der Waals surface area contributed by atoms with Crippen LogP contribution in [0.5, 0.6) is 0 Å². The highest BCUT2D eigenvalue weighted by atomic mass is 32.2. The summed E-state index contributed by atoms with van der Waals surface area (Å²) in [6.45, 7) is 8.66. The highest BCUT2D eigenvalue weighted by Gasteiger charge is 2.21. The van der Waals surface area contributed by atoms with Gasteiger partial charge in [0.1, 0.15) is 0 Å². The van der Waals surface area contributed by atoms with E-state index in [0.717, 1.165) is 22.1 Å². The monoisotopic (exact) mass is 419 g/mol. The Morgan fingerprint density at radius 2 is 1.57 bits per heavy atom. The van der Waals surface area contributed by atoms with Gasteiger partial charge in [-0.1, -0.05) is 75.0 Å². The summed E-state index contributed by atoms with van der Waals surface area (Å²) in [5.41, 5.74) is 3.37. The molecule has 30 heavy (non-hydrogen) atoms. The van der Waals surface area contributed by atoms with E-state index in [-0.39, 0.29) is 10.7 Å². The van der Waals surface area contributed by atoms with E-state index in [1.54, 1.807) is 11.8 Å². The third-order valence-electron chi connectivity index (χ3n) is 4.94. The first-order chi connectivity index (χ1) is 14.3. The second-order valence-corrected chi connectivity index (χ2v) is 9.57. The van der Waals surface area contributed by atoms with Crippen LogP contribution in [0.4, 0.5) is 0 Å². The predicted molar refractivity (Wildman–Crippen MR) is 119 cm³/mol. The van der Waals surface area contributed by atoms with Gasteiger partial charge in [-0.05, 0) is 30.0 Å². The Morgan fingerprint density at radius 3 is 2.23 bits per heavy atom. The van der Waals surface area contributed by atoms with E-state index < -0.39 is 0 Å². The minimum atomic E-state index is -0.0472. The van der Waals surface area contributed by atoms with Crippen molar-refractivity contribution in [3.8, 4) is 22.8 Å². The maximum atomic E-state index is 5.88. The quantitative estimate of drug-likeness (QED) is 0.387. The Kier molecular flexibility index (Phi) is 5.47. The first kappa shape index (κ1) is 20.3. The average Bonchev–Trinajstić information content (AvgIpc) is 3.36. The van der Waals surface area contributed by atoms with Crippen LogP contribution >= 0.6 is 11.8 Å². The number of thioether (sulfide) groups is 1. The van der Waals surface area contributed by atoms with Gasteiger partial charge in [-0.3, -0.25) is 0 Å². The molecule has 0 saturated carbocycles. The van der Waals surface area contributed by atoms with Crippen LogP contribution in [0.25, 0.3) is 22.8 Å². The first-order valence-corrected chi connectivity index (χ1v) is 10.8. The van der Waals surface area contributed by atoms with E-state index >= 15 is 0 Å². The van der Waals surface area contributed by atoms with Gasteiger partial charge < -0.3 is 8.98 Å². The second-order valence-electron chi connectivity index (χ2n) is 8.26. The maximum Gasteiger partial charge on any atom is 0.247 e. The summed E-state index contributed by atoms with van der Waals surface area (Å²) in [6, 6.07) is 18.3. The van der Waals surface area contributed by atoms with E-state index in [9.17, 15) is 0 Å². The van der Waals surface area contributed by atoms with Crippen LogP contribution in [-0.4, -0.2) is 25.0 Å². The second kappa shape index (κ2) is 8.07. The lowest BCUT2D eigenvalue weighted by Crippen LogP contribution is -2.10. The fourth-order valence-corrected chi connectivity index (χ4v) is 3.94. The first-order valence-electron chi connectivity index (χ1n) is 9.89. The molecule has 6 nitrogen and oxygen atoms in total. The normalized spacial score (nSPS) is 12.8. The summed E-state index contributed by atoms with van der Waals surface area (Å²) in [5, 5.41) is 17.9. The predicted octanol–water partition coefficient (Wildman–Crippen LogP) is 5.68. The Hall–Kier alpha value is -2.93. The molecule has 7 heteroatoms. The zero-order valence-corrected chi connectivity index (χ0v) is 18.6. The highest BCUT2D eigenvalue weighted by molar-refractivity contribution is 7.99. The number of hydrogen-bond donors (Lipinski definition) is 0. The van der Waals surface area contributed by atoms with Crippen LogP contribution in [0, 0.1) is 0 Å². The average molecular weight is 420 g/mol. The van der Waals surface area contributed by atoms with Crippen molar-refractivity contribution in [1.82, 2.24) is 25.0 Å². The van der Waals surface area contributed by atoms with E-state index in [4.69, 9.17) is 4.42 Å². The molecule has 1 atom stereocenters. The molecule has 0 unspecified atom stereocenters. The van der Waals surface area contributed by atoms with Crippen molar-refractivity contribution in [3.05, 3.63) is 66.1 Å². The number of aromatic nitrogens is 5. The molecular weight excluding hydrogens is 394 g/mol. The number of hydrogen-bond acceptors (Lipinski definition) is 6. The highest BCUT2D eigenvalue weighted by Crippen LogP contribution is 2.35. The summed E-state index contributed by atoms with van der Waals surface area (Å²) >= 11 is 1.55. The molecule has 0 bridgehead atoms. The van der Waals surface area contributed by atoms with Gasteiger partial charge in [-0.2, -0.15) is 0 Å². The molecule has 0 spiro atoms. The summed E-state index contributed by atoms with van der Waals surface area (Å²) in [4.78, 5) is 0. The Bertz CT molecular complexity index is 1130. The fraction of sp³-hybridized carbons (Fsp3) is 0.304. The molecule has 4 rings (SSSR count). The van der Waals surface area contributed by atoms with Crippen molar-refractivity contribution in [3.63, 3.8) is 0 Å². The largest absolute Gasteiger partial charge is 0.419 e. The molecule has 0 radical (unpaired) electrons. The summed E-state index contributed by atoms with van der Waals surface area (Å²) in [5.74, 6) is 1.93. The van der Waals surface area contributed by atoms with Crippen molar-refractivity contribution < 1.29 is 4.42 Å². The minimum Gasteiger partial charge on any atom is -0.419 e. The Labute approximate surface area is 180 Å². The zero-order chi connectivity index (χ0) is 21.3.